The molecule has 0 fully saturated rings. The summed E-state index contributed by atoms with van der Waals surface area (Å²) in [5, 5.41) is 10.2. The van der Waals surface area contributed by atoms with Gasteiger partial charge in [-0.1, -0.05) is 43.7 Å². The van der Waals surface area contributed by atoms with Gasteiger partial charge >= 0.3 is 0 Å². The summed E-state index contributed by atoms with van der Waals surface area (Å²) >= 11 is 0. The van der Waals surface area contributed by atoms with Crippen molar-refractivity contribution in [2.24, 2.45) is 5.73 Å². The number of aromatic nitrogens is 2. The van der Waals surface area contributed by atoms with Crippen molar-refractivity contribution in [3.8, 4) is 17.0 Å². The van der Waals surface area contributed by atoms with E-state index in [-0.39, 0.29) is 17.0 Å². The molecule has 0 bridgehead atoms. The number of aryl methyl sites for hydroxylation is 1. The van der Waals surface area contributed by atoms with Crippen LogP contribution >= 0.6 is 0 Å². The van der Waals surface area contributed by atoms with Gasteiger partial charge in [0.05, 0.1) is 5.54 Å². The van der Waals surface area contributed by atoms with E-state index >= 15 is 0 Å². The number of hydrogen-bond acceptors (Lipinski definition) is 4. The maximum Gasteiger partial charge on any atom is 0.262 e. The van der Waals surface area contributed by atoms with Crippen molar-refractivity contribution in [2.75, 3.05) is 0 Å². The number of rotatable bonds is 4. The molecule has 0 aliphatic heterocycles. The molecule has 4 N–H and O–H groups in total. The minimum atomic E-state index is -0.734. The van der Waals surface area contributed by atoms with Crippen molar-refractivity contribution in [1.29, 1.82) is 0 Å². The van der Waals surface area contributed by atoms with Crippen LogP contribution in [0.2, 0.25) is 0 Å². The van der Waals surface area contributed by atoms with E-state index in [2.05, 4.69) is 9.97 Å². The monoisotopic (exact) mass is 287 g/mol. The highest BCUT2D eigenvalue weighted by Crippen LogP contribution is 2.28. The van der Waals surface area contributed by atoms with Gasteiger partial charge in [0.15, 0.2) is 0 Å². The van der Waals surface area contributed by atoms with Gasteiger partial charge in [0, 0.05) is 0 Å². The first kappa shape index (κ1) is 15.3. The number of aromatic amines is 1. The normalized spacial score (nSPS) is 11.6. The molecular formula is C16H21N3O2. The molecule has 0 amide bonds. The molecule has 112 valence electrons. The van der Waals surface area contributed by atoms with Crippen LogP contribution in [0.5, 0.6) is 5.88 Å². The van der Waals surface area contributed by atoms with Gasteiger partial charge in [0.25, 0.3) is 5.56 Å². The summed E-state index contributed by atoms with van der Waals surface area (Å²) < 4.78 is 0. The van der Waals surface area contributed by atoms with Crippen LogP contribution in [0.3, 0.4) is 0 Å². The first-order valence-corrected chi connectivity index (χ1v) is 7.11. The molecule has 0 aliphatic carbocycles. The fourth-order valence-corrected chi connectivity index (χ4v) is 2.34. The Labute approximate surface area is 123 Å². The predicted molar refractivity (Wildman–Crippen MR) is 83.1 cm³/mol. The zero-order valence-corrected chi connectivity index (χ0v) is 12.6. The average molecular weight is 287 g/mol. The maximum atomic E-state index is 12.3. The smallest absolute Gasteiger partial charge is 0.262 e. The van der Waals surface area contributed by atoms with Crippen LogP contribution in [-0.2, 0) is 5.54 Å². The fourth-order valence-electron chi connectivity index (χ4n) is 2.34. The van der Waals surface area contributed by atoms with E-state index in [1.54, 1.807) is 6.07 Å². The second-order valence-corrected chi connectivity index (χ2v) is 5.35. The second-order valence-electron chi connectivity index (χ2n) is 5.35. The van der Waals surface area contributed by atoms with Crippen molar-refractivity contribution in [2.45, 2.75) is 39.2 Å². The Bertz CT molecular complexity index is 703. The molecule has 0 saturated carbocycles. The van der Waals surface area contributed by atoms with Crippen LogP contribution in [-0.4, -0.2) is 15.1 Å². The standard InChI is InChI=1S/C16H21N3O2/c1-4-16(17,5-2)15-18-13(20)12(14(21)19-15)11-8-6-7-10(3)9-11/h6-9H,4-5,17H2,1-3H3,(H2,18,19,20,21). The predicted octanol–water partition coefficient (Wildman–Crippen LogP) is 2.42. The molecule has 5 heteroatoms. The SMILES string of the molecule is CCC(N)(CC)c1nc(O)c(-c2cccc(C)c2)c(=O)[nH]1. The molecule has 0 unspecified atom stereocenters. The van der Waals surface area contributed by atoms with Gasteiger partial charge in [-0.05, 0) is 25.3 Å². The quantitative estimate of drug-likeness (QED) is 0.805. The highest BCUT2D eigenvalue weighted by atomic mass is 16.3. The second kappa shape index (κ2) is 5.69. The van der Waals surface area contributed by atoms with E-state index in [0.29, 0.717) is 24.2 Å². The average Bonchev–Trinajstić information content (AvgIpc) is 2.45. The lowest BCUT2D eigenvalue weighted by atomic mass is 9.93. The van der Waals surface area contributed by atoms with Crippen LogP contribution in [0, 0.1) is 6.92 Å². The summed E-state index contributed by atoms with van der Waals surface area (Å²) in [6.45, 7) is 5.78. The van der Waals surface area contributed by atoms with Gasteiger partial charge in [0.1, 0.15) is 11.4 Å². The van der Waals surface area contributed by atoms with Gasteiger partial charge < -0.3 is 15.8 Å². The van der Waals surface area contributed by atoms with Crippen molar-refractivity contribution in [3.63, 3.8) is 0 Å². The third-order valence-electron chi connectivity index (χ3n) is 3.94. The molecule has 2 rings (SSSR count). The van der Waals surface area contributed by atoms with Gasteiger partial charge in [-0.15, -0.1) is 0 Å². The molecular weight excluding hydrogens is 266 g/mol. The van der Waals surface area contributed by atoms with Crippen LogP contribution in [0.1, 0.15) is 38.1 Å². The minimum absolute atomic E-state index is 0.178. The zero-order chi connectivity index (χ0) is 15.6. The molecule has 1 heterocycles. The summed E-state index contributed by atoms with van der Waals surface area (Å²) in [5.41, 5.74) is 6.94. The first-order valence-electron chi connectivity index (χ1n) is 7.11. The van der Waals surface area contributed by atoms with E-state index in [1.807, 2.05) is 39.0 Å². The third kappa shape index (κ3) is 2.83. The van der Waals surface area contributed by atoms with E-state index in [4.69, 9.17) is 5.73 Å². The molecule has 0 saturated heterocycles. The number of H-pyrrole nitrogens is 1. The van der Waals surface area contributed by atoms with Crippen LogP contribution in [0.25, 0.3) is 11.1 Å². The van der Waals surface area contributed by atoms with Crippen LogP contribution in [0.4, 0.5) is 0 Å². The summed E-state index contributed by atoms with van der Waals surface area (Å²) in [4.78, 5) is 19.2. The lowest BCUT2D eigenvalue weighted by molar-refractivity contribution is 0.372. The zero-order valence-electron chi connectivity index (χ0n) is 12.6. The van der Waals surface area contributed by atoms with Crippen LogP contribution in [0.15, 0.2) is 29.1 Å². The number of nitrogens with zero attached hydrogens (tertiary/aromatic N) is 1. The fraction of sp³-hybridized carbons (Fsp3) is 0.375. The Morgan fingerprint density at radius 3 is 2.52 bits per heavy atom. The van der Waals surface area contributed by atoms with E-state index in [9.17, 15) is 9.90 Å². The molecule has 1 aromatic heterocycles. The van der Waals surface area contributed by atoms with Crippen molar-refractivity contribution in [1.82, 2.24) is 9.97 Å². The van der Waals surface area contributed by atoms with E-state index in [1.165, 1.54) is 0 Å². The topological polar surface area (TPSA) is 92.0 Å². The minimum Gasteiger partial charge on any atom is -0.493 e. The Morgan fingerprint density at radius 2 is 2.00 bits per heavy atom. The molecule has 0 aliphatic rings. The highest BCUT2D eigenvalue weighted by molar-refractivity contribution is 5.67. The molecule has 21 heavy (non-hydrogen) atoms. The Hall–Kier alpha value is -2.14. The molecule has 2 aromatic rings. The van der Waals surface area contributed by atoms with Gasteiger partial charge in [-0.3, -0.25) is 4.79 Å². The molecule has 5 nitrogen and oxygen atoms in total. The lowest BCUT2D eigenvalue weighted by Crippen LogP contribution is -2.38. The largest absolute Gasteiger partial charge is 0.493 e. The van der Waals surface area contributed by atoms with Crippen molar-refractivity contribution < 1.29 is 5.11 Å². The first-order chi connectivity index (χ1) is 9.91. The van der Waals surface area contributed by atoms with E-state index in [0.717, 1.165) is 5.56 Å². The molecule has 0 radical (unpaired) electrons. The maximum absolute atomic E-state index is 12.3. The van der Waals surface area contributed by atoms with Gasteiger partial charge in [0.2, 0.25) is 5.88 Å². The van der Waals surface area contributed by atoms with Gasteiger partial charge in [-0.2, -0.15) is 4.98 Å². The molecule has 0 atom stereocenters. The summed E-state index contributed by atoms with van der Waals surface area (Å²) in [7, 11) is 0. The Balaban J connectivity index is 2.61. The van der Waals surface area contributed by atoms with Crippen LogP contribution < -0.4 is 11.3 Å². The molecule has 1 aromatic carbocycles. The number of hydrogen-bond donors (Lipinski definition) is 3. The van der Waals surface area contributed by atoms with Crippen molar-refractivity contribution in [3.05, 3.63) is 46.0 Å². The van der Waals surface area contributed by atoms with Crippen molar-refractivity contribution >= 4 is 0 Å². The summed E-state index contributed by atoms with van der Waals surface area (Å²) in [6, 6.07) is 7.37. The third-order valence-corrected chi connectivity index (χ3v) is 3.94. The number of aromatic hydroxyl groups is 1. The lowest BCUT2D eigenvalue weighted by Gasteiger charge is -2.25. The highest BCUT2D eigenvalue weighted by Gasteiger charge is 2.27. The van der Waals surface area contributed by atoms with Gasteiger partial charge in [-0.25, -0.2) is 0 Å². The Morgan fingerprint density at radius 1 is 1.33 bits per heavy atom. The number of nitrogens with one attached hydrogen (secondary N) is 1. The Kier molecular flexibility index (Phi) is 4.14. The molecule has 0 spiro atoms. The summed E-state index contributed by atoms with van der Waals surface area (Å²) in [5.74, 6) is 0.0440. The number of benzene rings is 1. The summed E-state index contributed by atoms with van der Waals surface area (Å²) in [6.07, 6.45) is 1.24. The van der Waals surface area contributed by atoms with E-state index < -0.39 is 5.54 Å². The number of nitrogens with two attached hydrogens (primary N) is 1.